The molecule has 5 N–H and O–H groups in total. The average Bonchev–Trinajstić information content (AvgIpc) is 3.48. The largest absolute Gasteiger partial charge is 0.488 e. The van der Waals surface area contributed by atoms with Crippen molar-refractivity contribution in [3.63, 3.8) is 0 Å². The number of rotatable bonds is 11. The van der Waals surface area contributed by atoms with Gasteiger partial charge in [0.25, 0.3) is 0 Å². The van der Waals surface area contributed by atoms with E-state index in [1.54, 1.807) is 20.9 Å². The van der Waals surface area contributed by atoms with Crippen LogP contribution in [0, 0.1) is 11.3 Å². The van der Waals surface area contributed by atoms with Gasteiger partial charge in [0.2, 0.25) is 5.95 Å². The highest BCUT2D eigenvalue weighted by molar-refractivity contribution is 8.06. The first-order valence-electron chi connectivity index (χ1n) is 12.4. The van der Waals surface area contributed by atoms with Crippen molar-refractivity contribution >= 4 is 43.9 Å². The second-order valence-electron chi connectivity index (χ2n) is 9.75. The number of aromatic nitrogens is 2. The van der Waals surface area contributed by atoms with Crippen LogP contribution in [-0.2, 0) is 9.84 Å². The zero-order chi connectivity index (χ0) is 26.6. The number of ether oxygens (including phenoxy) is 1. The lowest BCUT2D eigenvalue weighted by Gasteiger charge is -2.17. The maximum atomic E-state index is 12.7. The molecular weight excluding hydrogens is 514 g/mol. The lowest BCUT2D eigenvalue weighted by Crippen LogP contribution is -2.27. The number of halogens is 1. The summed E-state index contributed by atoms with van der Waals surface area (Å²) in [7, 11) is -2.19. The third-order valence-electron chi connectivity index (χ3n) is 6.00. The van der Waals surface area contributed by atoms with Gasteiger partial charge in [0.15, 0.2) is 20.7 Å². The Kier molecular flexibility index (Phi) is 8.56. The number of sulfone groups is 1. The molecule has 1 unspecified atom stereocenters. The van der Waals surface area contributed by atoms with Gasteiger partial charge in [0, 0.05) is 19.8 Å². The molecule has 1 aromatic heterocycles. The predicted molar refractivity (Wildman–Crippen MR) is 148 cm³/mol. The highest BCUT2D eigenvalue weighted by Crippen LogP contribution is 2.37. The van der Waals surface area contributed by atoms with Crippen molar-refractivity contribution in [3.05, 3.63) is 46.9 Å². The van der Waals surface area contributed by atoms with E-state index >= 15 is 0 Å². The first-order chi connectivity index (χ1) is 17.7. The van der Waals surface area contributed by atoms with Gasteiger partial charge in [-0.1, -0.05) is 31.5 Å². The third-order valence-corrected chi connectivity index (χ3v) is 8.22. The van der Waals surface area contributed by atoms with E-state index < -0.39 is 14.9 Å². The predicted octanol–water partition coefficient (Wildman–Crippen LogP) is 4.01. The van der Waals surface area contributed by atoms with Crippen LogP contribution >= 0.6 is 11.6 Å². The molecule has 0 spiro atoms. The van der Waals surface area contributed by atoms with Crippen molar-refractivity contribution in [2.24, 2.45) is 5.92 Å². The summed E-state index contributed by atoms with van der Waals surface area (Å²) in [6, 6.07) is 6.14. The minimum Gasteiger partial charge on any atom is -0.488 e. The topological polar surface area (TPSA) is 141 Å². The van der Waals surface area contributed by atoms with Gasteiger partial charge < -0.3 is 26.0 Å². The van der Waals surface area contributed by atoms with E-state index in [0.29, 0.717) is 5.92 Å². The summed E-state index contributed by atoms with van der Waals surface area (Å²) in [5, 5.41) is 20.2. The minimum absolute atomic E-state index is 0.0296. The third kappa shape index (κ3) is 7.12. The van der Waals surface area contributed by atoms with E-state index in [1.807, 2.05) is 6.07 Å². The summed E-state index contributed by atoms with van der Waals surface area (Å²) < 4.78 is 31.5. The van der Waals surface area contributed by atoms with Gasteiger partial charge in [-0.25, -0.2) is 13.4 Å². The molecule has 2 heterocycles. The van der Waals surface area contributed by atoms with Gasteiger partial charge in [-0.2, -0.15) is 4.98 Å². The van der Waals surface area contributed by atoms with Crippen LogP contribution in [0.4, 0.5) is 17.5 Å². The Balaban J connectivity index is 1.57. The van der Waals surface area contributed by atoms with Gasteiger partial charge in [-0.15, -0.1) is 0 Å². The second kappa shape index (κ2) is 11.7. The molecule has 1 aliphatic heterocycles. The highest BCUT2D eigenvalue weighted by Gasteiger charge is 2.27. The molecular formula is C25H34ClN7O3S. The standard InChI is InChI=1S/C25H34ClN7O3S/c1-15(2)14-37(34,35)23(27)21(13-28-3)31-24-19(26)12-30-25(33-24)32-20-7-4-16(17-8-9-29-11-17)10-22(20)36-18-5-6-18/h4,7,10,12-13,15,17-18,27-29H,5-6,8-9,11,14H2,1-3H3,(H2,30,31,32,33)/b21-13+,27-23?. The van der Waals surface area contributed by atoms with Crippen molar-refractivity contribution in [1.82, 2.24) is 20.6 Å². The molecule has 1 aromatic carbocycles. The van der Waals surface area contributed by atoms with Crippen LogP contribution in [0.5, 0.6) is 5.75 Å². The molecule has 2 fully saturated rings. The fourth-order valence-corrected chi connectivity index (χ4v) is 5.68. The van der Waals surface area contributed by atoms with Crippen LogP contribution in [0.25, 0.3) is 0 Å². The second-order valence-corrected chi connectivity index (χ2v) is 12.1. The zero-order valence-corrected chi connectivity index (χ0v) is 22.8. The van der Waals surface area contributed by atoms with Gasteiger partial charge in [-0.05, 0) is 55.3 Å². The van der Waals surface area contributed by atoms with E-state index in [-0.39, 0.29) is 40.3 Å². The molecule has 1 aliphatic carbocycles. The van der Waals surface area contributed by atoms with Crippen molar-refractivity contribution in [1.29, 1.82) is 5.41 Å². The fourth-order valence-electron chi connectivity index (χ4n) is 4.05. The van der Waals surface area contributed by atoms with Crippen LogP contribution in [-0.4, -0.2) is 55.4 Å². The van der Waals surface area contributed by atoms with Gasteiger partial charge in [0.05, 0.1) is 29.4 Å². The van der Waals surface area contributed by atoms with E-state index in [4.69, 9.17) is 21.7 Å². The van der Waals surface area contributed by atoms with Crippen molar-refractivity contribution in [3.8, 4) is 5.75 Å². The number of hydrogen-bond donors (Lipinski definition) is 5. The first kappa shape index (κ1) is 27.2. The Labute approximate surface area is 223 Å². The van der Waals surface area contributed by atoms with Crippen LogP contribution < -0.4 is 26.0 Å². The zero-order valence-electron chi connectivity index (χ0n) is 21.3. The number of nitrogens with one attached hydrogen (secondary N) is 5. The Hall–Kier alpha value is -2.89. The monoisotopic (exact) mass is 547 g/mol. The van der Waals surface area contributed by atoms with Crippen molar-refractivity contribution in [2.75, 3.05) is 36.5 Å². The van der Waals surface area contributed by atoms with Gasteiger partial charge >= 0.3 is 0 Å². The molecule has 0 bridgehead atoms. The van der Waals surface area contributed by atoms with E-state index in [2.05, 4.69) is 43.4 Å². The molecule has 1 saturated carbocycles. The summed E-state index contributed by atoms with van der Waals surface area (Å²) in [6.45, 7) is 5.54. The molecule has 0 amide bonds. The molecule has 4 rings (SSSR count). The molecule has 2 aliphatic rings. The number of nitrogens with zero attached hydrogens (tertiary/aromatic N) is 2. The fraction of sp³-hybridized carbons (Fsp3) is 0.480. The first-order valence-corrected chi connectivity index (χ1v) is 14.5. The van der Waals surface area contributed by atoms with Crippen LogP contribution in [0.2, 0.25) is 5.02 Å². The van der Waals surface area contributed by atoms with E-state index in [1.165, 1.54) is 18.0 Å². The lowest BCUT2D eigenvalue weighted by molar-refractivity contribution is 0.304. The molecule has 200 valence electrons. The van der Waals surface area contributed by atoms with Crippen molar-refractivity contribution in [2.45, 2.75) is 45.1 Å². The van der Waals surface area contributed by atoms with Crippen LogP contribution in [0.15, 0.2) is 36.3 Å². The maximum absolute atomic E-state index is 12.7. The average molecular weight is 548 g/mol. The molecule has 37 heavy (non-hydrogen) atoms. The number of anilines is 3. The van der Waals surface area contributed by atoms with Crippen molar-refractivity contribution < 1.29 is 13.2 Å². The number of benzene rings is 1. The highest BCUT2D eigenvalue weighted by atomic mass is 35.5. The normalized spacial score (nSPS) is 18.1. The molecule has 12 heteroatoms. The quantitative estimate of drug-likeness (QED) is 0.208. The summed E-state index contributed by atoms with van der Waals surface area (Å²) in [4.78, 5) is 8.75. The SMILES string of the molecule is CN/C=C(/Nc1nc(Nc2ccc(C3CCNC3)cc2OC2CC2)ncc1Cl)C(=N)S(=O)(=O)CC(C)C. The van der Waals surface area contributed by atoms with Crippen LogP contribution in [0.1, 0.15) is 44.6 Å². The van der Waals surface area contributed by atoms with E-state index in [0.717, 1.165) is 43.8 Å². The maximum Gasteiger partial charge on any atom is 0.229 e. The van der Waals surface area contributed by atoms with E-state index in [9.17, 15) is 8.42 Å². The summed E-state index contributed by atoms with van der Waals surface area (Å²) in [6.07, 6.45) is 6.19. The molecule has 2 aromatic rings. The summed E-state index contributed by atoms with van der Waals surface area (Å²) >= 11 is 6.34. The lowest BCUT2D eigenvalue weighted by atomic mass is 9.98. The number of hydrogen-bond acceptors (Lipinski definition) is 10. The Bertz CT molecular complexity index is 1270. The molecule has 0 radical (unpaired) electrons. The molecule has 10 nitrogen and oxygen atoms in total. The Morgan fingerprint density at radius 3 is 2.76 bits per heavy atom. The summed E-state index contributed by atoms with van der Waals surface area (Å²) in [5.41, 5.74) is 1.99. The smallest absolute Gasteiger partial charge is 0.229 e. The summed E-state index contributed by atoms with van der Waals surface area (Å²) in [5.74, 6) is 1.36. The van der Waals surface area contributed by atoms with Crippen LogP contribution in [0.3, 0.4) is 0 Å². The van der Waals surface area contributed by atoms with Gasteiger partial charge in [0.1, 0.15) is 10.8 Å². The Morgan fingerprint density at radius 1 is 1.32 bits per heavy atom. The molecule has 1 atom stereocenters. The minimum atomic E-state index is -3.81. The molecule has 1 saturated heterocycles. The van der Waals surface area contributed by atoms with Gasteiger partial charge in [-0.3, -0.25) is 5.41 Å². The Morgan fingerprint density at radius 2 is 2.11 bits per heavy atom.